The second-order valence-corrected chi connectivity index (χ2v) is 7.88. The molecular weight excluding hydrogens is 260 g/mol. The molecule has 1 aliphatic rings. The third kappa shape index (κ3) is 2.60. The highest BCUT2D eigenvalue weighted by atomic mass is 32.2. The van der Waals surface area contributed by atoms with Crippen molar-refractivity contribution in [1.29, 1.82) is 0 Å². The second-order valence-electron chi connectivity index (χ2n) is 4.84. The van der Waals surface area contributed by atoms with Crippen LogP contribution >= 0.6 is 12.2 Å². The molecule has 1 unspecified atom stereocenters. The summed E-state index contributed by atoms with van der Waals surface area (Å²) in [5, 5.41) is 0. The van der Waals surface area contributed by atoms with Gasteiger partial charge in [0.15, 0.2) is 9.84 Å². The summed E-state index contributed by atoms with van der Waals surface area (Å²) in [5.41, 5.74) is 5.57. The number of likely N-dealkylation sites (tertiary alicyclic amines) is 1. The average Bonchev–Trinajstić information content (AvgIpc) is 2.62. The molecule has 1 saturated heterocycles. The smallest absolute Gasteiger partial charge is 0.244 e. The molecular formula is C10H18N2O3S2. The fourth-order valence-electron chi connectivity index (χ4n) is 1.81. The first-order chi connectivity index (χ1) is 7.59. The van der Waals surface area contributed by atoms with Crippen LogP contribution in [0.1, 0.15) is 26.7 Å². The molecule has 0 aromatic heterocycles. The summed E-state index contributed by atoms with van der Waals surface area (Å²) in [5.74, 6) is -0.421. The highest BCUT2D eigenvalue weighted by Crippen LogP contribution is 2.25. The van der Waals surface area contributed by atoms with Crippen molar-refractivity contribution in [2.75, 3.05) is 12.8 Å². The lowest BCUT2D eigenvalue weighted by Crippen LogP contribution is -2.53. The normalized spacial score (nSPS) is 21.6. The molecule has 1 aliphatic heterocycles. The average molecular weight is 278 g/mol. The predicted molar refractivity (Wildman–Crippen MR) is 70.4 cm³/mol. The van der Waals surface area contributed by atoms with Crippen molar-refractivity contribution in [3.05, 3.63) is 0 Å². The lowest BCUT2D eigenvalue weighted by molar-refractivity contribution is -0.132. The van der Waals surface area contributed by atoms with Crippen LogP contribution in [0.25, 0.3) is 0 Å². The molecule has 1 rings (SSSR count). The van der Waals surface area contributed by atoms with E-state index in [2.05, 4.69) is 0 Å². The molecule has 17 heavy (non-hydrogen) atoms. The van der Waals surface area contributed by atoms with E-state index >= 15 is 0 Å². The predicted octanol–water partition coefficient (Wildman–Crippen LogP) is 0.0867. The Morgan fingerprint density at radius 3 is 2.41 bits per heavy atom. The number of thiocarbonyl (C=S) groups is 1. The van der Waals surface area contributed by atoms with Gasteiger partial charge < -0.3 is 10.6 Å². The zero-order valence-corrected chi connectivity index (χ0v) is 11.9. The maximum atomic E-state index is 12.3. The fraction of sp³-hybridized carbons (Fsp3) is 0.800. The summed E-state index contributed by atoms with van der Waals surface area (Å²) in [7, 11) is -3.46. The Bertz CT molecular complexity index is 442. The largest absolute Gasteiger partial charge is 0.392 e. The minimum absolute atomic E-state index is 0.250. The zero-order valence-electron chi connectivity index (χ0n) is 10.3. The van der Waals surface area contributed by atoms with Gasteiger partial charge in [0.1, 0.15) is 4.75 Å². The Morgan fingerprint density at radius 1 is 1.47 bits per heavy atom. The molecule has 7 heteroatoms. The van der Waals surface area contributed by atoms with Crippen LogP contribution in [-0.2, 0) is 14.6 Å². The van der Waals surface area contributed by atoms with Crippen molar-refractivity contribution in [3.63, 3.8) is 0 Å². The summed E-state index contributed by atoms with van der Waals surface area (Å²) >= 11 is 4.90. The quantitative estimate of drug-likeness (QED) is 0.740. The highest BCUT2D eigenvalue weighted by Gasteiger charge is 2.44. The van der Waals surface area contributed by atoms with Gasteiger partial charge in [-0.25, -0.2) is 8.42 Å². The van der Waals surface area contributed by atoms with Gasteiger partial charge in [-0.05, 0) is 26.7 Å². The third-order valence-corrected chi connectivity index (χ3v) is 5.58. The van der Waals surface area contributed by atoms with E-state index in [9.17, 15) is 13.2 Å². The van der Waals surface area contributed by atoms with Crippen LogP contribution < -0.4 is 5.73 Å². The van der Waals surface area contributed by atoms with E-state index in [-0.39, 0.29) is 11.0 Å². The van der Waals surface area contributed by atoms with Gasteiger partial charge in [-0.1, -0.05) is 12.2 Å². The van der Waals surface area contributed by atoms with Gasteiger partial charge in [-0.2, -0.15) is 0 Å². The topological polar surface area (TPSA) is 80.5 Å². The summed E-state index contributed by atoms with van der Waals surface area (Å²) in [4.78, 5) is 14.0. The van der Waals surface area contributed by atoms with Gasteiger partial charge in [-0.3, -0.25) is 4.79 Å². The van der Waals surface area contributed by atoms with Crippen LogP contribution in [0.4, 0.5) is 0 Å². The molecule has 1 heterocycles. The Hall–Kier alpha value is -0.690. The van der Waals surface area contributed by atoms with Crippen LogP contribution in [0.2, 0.25) is 0 Å². The van der Waals surface area contributed by atoms with Crippen LogP contribution in [0.5, 0.6) is 0 Å². The van der Waals surface area contributed by atoms with Crippen LogP contribution in [0.15, 0.2) is 0 Å². The maximum Gasteiger partial charge on any atom is 0.244 e. The molecule has 0 spiro atoms. The molecule has 98 valence electrons. The van der Waals surface area contributed by atoms with Crippen LogP contribution in [0, 0.1) is 0 Å². The van der Waals surface area contributed by atoms with Crippen LogP contribution in [0.3, 0.4) is 0 Å². The summed E-state index contributed by atoms with van der Waals surface area (Å²) in [6.07, 6.45) is 2.57. The standard InChI is InChI=1S/C10H18N2O3S2/c1-10(2,17(3,14)15)9(13)12-6-4-5-7(12)8(11)16/h7H,4-6H2,1-3H3,(H2,11,16). The van der Waals surface area contributed by atoms with Crippen molar-refractivity contribution < 1.29 is 13.2 Å². The van der Waals surface area contributed by atoms with Crippen molar-refractivity contribution in [3.8, 4) is 0 Å². The Balaban J connectivity index is 3.02. The number of hydrogen-bond donors (Lipinski definition) is 1. The zero-order chi connectivity index (χ0) is 13.4. The molecule has 2 N–H and O–H groups in total. The monoisotopic (exact) mass is 278 g/mol. The number of rotatable bonds is 3. The third-order valence-electron chi connectivity index (χ3n) is 3.28. The minimum atomic E-state index is -3.46. The maximum absolute atomic E-state index is 12.3. The first-order valence-electron chi connectivity index (χ1n) is 5.39. The van der Waals surface area contributed by atoms with Gasteiger partial charge in [0.05, 0.1) is 11.0 Å². The van der Waals surface area contributed by atoms with Crippen molar-refractivity contribution in [1.82, 2.24) is 4.90 Å². The number of carbonyl (C=O) groups is 1. The van der Waals surface area contributed by atoms with E-state index in [0.717, 1.165) is 12.7 Å². The van der Waals surface area contributed by atoms with Gasteiger partial charge in [0.25, 0.3) is 0 Å². The summed E-state index contributed by atoms with van der Waals surface area (Å²) < 4.78 is 21.8. The molecule has 0 aromatic carbocycles. The molecule has 5 nitrogen and oxygen atoms in total. The molecule has 0 radical (unpaired) electrons. The number of nitrogens with zero attached hydrogens (tertiary/aromatic N) is 1. The van der Waals surface area contributed by atoms with Gasteiger partial charge in [0, 0.05) is 12.8 Å². The highest BCUT2D eigenvalue weighted by molar-refractivity contribution is 7.92. The number of carbonyl (C=O) groups excluding carboxylic acids is 1. The second kappa shape index (κ2) is 4.53. The molecule has 1 atom stereocenters. The lowest BCUT2D eigenvalue weighted by Gasteiger charge is -2.31. The number of nitrogens with two attached hydrogens (primary N) is 1. The van der Waals surface area contributed by atoms with E-state index in [1.54, 1.807) is 0 Å². The van der Waals surface area contributed by atoms with E-state index in [4.69, 9.17) is 18.0 Å². The molecule has 0 aromatic rings. The van der Waals surface area contributed by atoms with Crippen LogP contribution in [-0.4, -0.2) is 47.8 Å². The lowest BCUT2D eigenvalue weighted by atomic mass is 10.1. The number of hydrogen-bond acceptors (Lipinski definition) is 4. The number of amides is 1. The van der Waals surface area contributed by atoms with Gasteiger partial charge in [-0.15, -0.1) is 0 Å². The first-order valence-corrected chi connectivity index (χ1v) is 7.69. The summed E-state index contributed by atoms with van der Waals surface area (Å²) in [6, 6.07) is -0.307. The molecule has 1 fully saturated rings. The van der Waals surface area contributed by atoms with Crippen molar-refractivity contribution >= 4 is 33.0 Å². The SMILES string of the molecule is CC(C)(C(=O)N1CCCC1C(N)=S)S(C)(=O)=O. The number of sulfone groups is 1. The summed E-state index contributed by atoms with van der Waals surface area (Å²) in [6.45, 7) is 3.35. The van der Waals surface area contributed by atoms with E-state index < -0.39 is 20.5 Å². The van der Waals surface area contributed by atoms with E-state index in [1.807, 2.05) is 0 Å². The Labute approximate surface area is 107 Å². The minimum Gasteiger partial charge on any atom is -0.392 e. The van der Waals surface area contributed by atoms with Crippen molar-refractivity contribution in [2.45, 2.75) is 37.5 Å². The van der Waals surface area contributed by atoms with Gasteiger partial charge >= 0.3 is 0 Å². The van der Waals surface area contributed by atoms with Crippen molar-refractivity contribution in [2.24, 2.45) is 5.73 Å². The molecule has 0 bridgehead atoms. The molecule has 0 aliphatic carbocycles. The molecule has 1 amide bonds. The molecule has 0 saturated carbocycles. The first kappa shape index (κ1) is 14.4. The Morgan fingerprint density at radius 2 is 2.00 bits per heavy atom. The fourth-order valence-corrected chi connectivity index (χ4v) is 2.49. The van der Waals surface area contributed by atoms with E-state index in [1.165, 1.54) is 18.7 Å². The Kier molecular flexibility index (Phi) is 3.83. The van der Waals surface area contributed by atoms with E-state index in [0.29, 0.717) is 13.0 Å². The van der Waals surface area contributed by atoms with Gasteiger partial charge in [0.2, 0.25) is 5.91 Å².